The van der Waals surface area contributed by atoms with E-state index in [1.807, 2.05) is 42.3 Å². The fourth-order valence-electron chi connectivity index (χ4n) is 4.54. The normalized spacial score (nSPS) is 22.7. The van der Waals surface area contributed by atoms with Crippen molar-refractivity contribution in [3.8, 4) is 0 Å². The molecule has 2 N–H and O–H groups in total. The molecule has 0 aliphatic carbocycles. The van der Waals surface area contributed by atoms with Crippen LogP contribution in [0.3, 0.4) is 0 Å². The van der Waals surface area contributed by atoms with Crippen LogP contribution in [0.25, 0.3) is 0 Å². The zero-order valence-electron chi connectivity index (χ0n) is 18.0. The van der Waals surface area contributed by atoms with Crippen LogP contribution < -0.4 is 10.6 Å². The Morgan fingerprint density at radius 2 is 2.00 bits per heavy atom. The van der Waals surface area contributed by atoms with Gasteiger partial charge in [-0.05, 0) is 62.4 Å². The van der Waals surface area contributed by atoms with Gasteiger partial charge in [0.15, 0.2) is 0 Å². The lowest BCUT2D eigenvalue weighted by atomic mass is 9.82. The lowest BCUT2D eigenvalue weighted by Gasteiger charge is -2.46. The van der Waals surface area contributed by atoms with E-state index in [0.29, 0.717) is 25.5 Å². The van der Waals surface area contributed by atoms with Gasteiger partial charge in [-0.15, -0.1) is 0 Å². The van der Waals surface area contributed by atoms with E-state index in [1.54, 1.807) is 0 Å². The number of aryl methyl sites for hydroxylation is 1. The molecule has 0 unspecified atom stereocenters. The molecular weight excluding hydrogens is 376 g/mol. The molecular formula is C24H30N4O2. The highest BCUT2D eigenvalue weighted by Gasteiger charge is 2.41. The molecule has 0 bridgehead atoms. The minimum atomic E-state index is -0.516. The van der Waals surface area contributed by atoms with Crippen molar-refractivity contribution in [3.63, 3.8) is 0 Å². The summed E-state index contributed by atoms with van der Waals surface area (Å²) in [5.74, 6) is 1.60. The zero-order valence-corrected chi connectivity index (χ0v) is 18.0. The van der Waals surface area contributed by atoms with Crippen molar-refractivity contribution in [1.29, 1.82) is 0 Å². The number of amides is 1. The van der Waals surface area contributed by atoms with Crippen LogP contribution in [0, 0.1) is 13.8 Å². The number of carbonyl (C=O) groups is 1. The van der Waals surface area contributed by atoms with Crippen LogP contribution in [0.4, 0.5) is 11.5 Å². The van der Waals surface area contributed by atoms with Crippen LogP contribution in [-0.2, 0) is 15.1 Å². The average molecular weight is 407 g/mol. The molecule has 1 aromatic heterocycles. The molecule has 158 valence electrons. The molecule has 6 heteroatoms. The van der Waals surface area contributed by atoms with E-state index in [1.165, 1.54) is 0 Å². The highest BCUT2D eigenvalue weighted by atomic mass is 16.5. The third-order valence-electron chi connectivity index (χ3n) is 6.14. The monoisotopic (exact) mass is 406 g/mol. The van der Waals surface area contributed by atoms with Crippen LogP contribution in [0.1, 0.15) is 42.9 Å². The van der Waals surface area contributed by atoms with Gasteiger partial charge >= 0.3 is 0 Å². The molecule has 2 aromatic rings. The van der Waals surface area contributed by atoms with E-state index in [4.69, 9.17) is 4.74 Å². The lowest BCUT2D eigenvalue weighted by molar-refractivity contribution is -0.137. The Hall–Kier alpha value is -2.86. The third-order valence-corrected chi connectivity index (χ3v) is 6.14. The van der Waals surface area contributed by atoms with Crippen molar-refractivity contribution in [2.24, 2.45) is 0 Å². The van der Waals surface area contributed by atoms with Crippen molar-refractivity contribution in [2.45, 2.75) is 51.6 Å². The predicted octanol–water partition coefficient (Wildman–Crippen LogP) is 4.13. The first kappa shape index (κ1) is 20.4. The Balaban J connectivity index is 1.58. The summed E-state index contributed by atoms with van der Waals surface area (Å²) in [6, 6.07) is 10.3. The number of hydrogen-bond acceptors (Lipinski definition) is 5. The van der Waals surface area contributed by atoms with Gasteiger partial charge in [0.05, 0.1) is 12.0 Å². The van der Waals surface area contributed by atoms with E-state index < -0.39 is 5.54 Å². The largest absolute Gasteiger partial charge is 0.381 e. The highest BCUT2D eigenvalue weighted by molar-refractivity contribution is 5.81. The van der Waals surface area contributed by atoms with E-state index >= 15 is 0 Å². The molecule has 2 fully saturated rings. The second-order valence-electron chi connectivity index (χ2n) is 8.51. The first-order valence-electron chi connectivity index (χ1n) is 10.5. The van der Waals surface area contributed by atoms with Gasteiger partial charge < -0.3 is 15.4 Å². The lowest BCUT2D eigenvalue weighted by Crippen LogP contribution is -2.57. The van der Waals surface area contributed by atoms with E-state index in [0.717, 1.165) is 41.0 Å². The second kappa shape index (κ2) is 8.11. The number of ether oxygens (including phenoxy) is 1. The number of nitrogens with one attached hydrogen (secondary N) is 2. The molecule has 0 saturated carbocycles. The second-order valence-corrected chi connectivity index (χ2v) is 8.51. The number of benzene rings is 1. The van der Waals surface area contributed by atoms with Crippen LogP contribution in [0.15, 0.2) is 48.9 Å². The van der Waals surface area contributed by atoms with Crippen molar-refractivity contribution >= 4 is 17.4 Å². The summed E-state index contributed by atoms with van der Waals surface area (Å²) in [5.41, 5.74) is 3.77. The van der Waals surface area contributed by atoms with Crippen LogP contribution in [0.5, 0.6) is 0 Å². The predicted molar refractivity (Wildman–Crippen MR) is 118 cm³/mol. The minimum absolute atomic E-state index is 0.117. The van der Waals surface area contributed by atoms with Gasteiger partial charge in [0, 0.05) is 31.1 Å². The summed E-state index contributed by atoms with van der Waals surface area (Å²) in [6.07, 6.45) is 3.94. The summed E-state index contributed by atoms with van der Waals surface area (Å²) in [6.45, 7) is 11.8. The maximum Gasteiger partial charge on any atom is 0.231 e. The van der Waals surface area contributed by atoms with E-state index in [2.05, 4.69) is 42.1 Å². The van der Waals surface area contributed by atoms with Crippen LogP contribution >= 0.6 is 0 Å². The summed E-state index contributed by atoms with van der Waals surface area (Å²) in [5, 5.41) is 6.96. The number of aromatic nitrogens is 1. The van der Waals surface area contributed by atoms with Gasteiger partial charge in [-0.3, -0.25) is 9.69 Å². The summed E-state index contributed by atoms with van der Waals surface area (Å²) < 4.78 is 5.46. The van der Waals surface area contributed by atoms with Crippen molar-refractivity contribution < 1.29 is 9.53 Å². The standard InChI is InChI=1S/C24H30N4O2/c1-16-8-9-22(25-15-16)26-21-7-5-6-20(17(21)2)24(4)14-23(29)28(18(3)27-24)19-10-12-30-13-11-19/h5-9,15,19,27H,3,10-14H2,1-2,4H3,(H,25,26)/t24-/m0/s1. The van der Waals surface area contributed by atoms with Gasteiger partial charge in [0.25, 0.3) is 0 Å². The zero-order chi connectivity index (χ0) is 21.3. The fraction of sp³-hybridized carbons (Fsp3) is 0.417. The number of anilines is 2. The number of nitrogens with zero attached hydrogens (tertiary/aromatic N) is 2. The van der Waals surface area contributed by atoms with Crippen molar-refractivity contribution in [3.05, 3.63) is 65.6 Å². The van der Waals surface area contributed by atoms with Crippen molar-refractivity contribution in [1.82, 2.24) is 15.2 Å². The molecule has 3 heterocycles. The molecule has 0 spiro atoms. The Morgan fingerprint density at radius 3 is 2.67 bits per heavy atom. The molecule has 1 atom stereocenters. The van der Waals surface area contributed by atoms with Gasteiger partial charge in [0.2, 0.25) is 5.91 Å². The summed E-state index contributed by atoms with van der Waals surface area (Å²) >= 11 is 0. The molecule has 1 aromatic carbocycles. The van der Waals surface area contributed by atoms with E-state index in [9.17, 15) is 4.79 Å². The Morgan fingerprint density at radius 1 is 1.23 bits per heavy atom. The molecule has 6 nitrogen and oxygen atoms in total. The summed E-state index contributed by atoms with van der Waals surface area (Å²) in [7, 11) is 0. The van der Waals surface area contributed by atoms with E-state index in [-0.39, 0.29) is 11.9 Å². The fourth-order valence-corrected chi connectivity index (χ4v) is 4.54. The Labute approximate surface area is 178 Å². The molecule has 4 rings (SSSR count). The number of pyridine rings is 1. The minimum Gasteiger partial charge on any atom is -0.381 e. The first-order chi connectivity index (χ1) is 14.4. The van der Waals surface area contributed by atoms with Crippen LogP contribution in [0.2, 0.25) is 0 Å². The molecule has 2 aliphatic heterocycles. The molecule has 30 heavy (non-hydrogen) atoms. The van der Waals surface area contributed by atoms with Gasteiger partial charge in [-0.2, -0.15) is 0 Å². The molecule has 1 amide bonds. The third kappa shape index (κ3) is 3.92. The Kier molecular flexibility index (Phi) is 5.52. The SMILES string of the molecule is C=C1N[C@](C)(c2cccc(Nc3ccc(C)cn3)c2C)CC(=O)N1C1CCOCC1. The van der Waals surface area contributed by atoms with Gasteiger partial charge in [0.1, 0.15) is 11.6 Å². The molecule has 2 aliphatic rings. The van der Waals surface area contributed by atoms with Gasteiger partial charge in [-0.25, -0.2) is 4.98 Å². The number of carbonyl (C=O) groups excluding carboxylic acids is 1. The van der Waals surface area contributed by atoms with Gasteiger partial charge in [-0.1, -0.05) is 24.8 Å². The van der Waals surface area contributed by atoms with Crippen molar-refractivity contribution in [2.75, 3.05) is 18.5 Å². The van der Waals surface area contributed by atoms with Crippen LogP contribution in [-0.4, -0.2) is 35.0 Å². The topological polar surface area (TPSA) is 66.5 Å². The average Bonchev–Trinajstić information content (AvgIpc) is 2.71. The maximum absolute atomic E-state index is 13.2. The quantitative estimate of drug-likeness (QED) is 0.799. The Bertz CT molecular complexity index is 930. The molecule has 2 saturated heterocycles. The number of rotatable bonds is 4. The number of hydrogen-bond donors (Lipinski definition) is 2. The summed E-state index contributed by atoms with van der Waals surface area (Å²) in [4.78, 5) is 19.5. The first-order valence-corrected chi connectivity index (χ1v) is 10.5. The smallest absolute Gasteiger partial charge is 0.231 e. The molecule has 0 radical (unpaired) electrons. The maximum atomic E-state index is 13.2. The highest BCUT2D eigenvalue weighted by Crippen LogP contribution is 2.37.